The highest BCUT2D eigenvalue weighted by atomic mass is 19.4. The van der Waals surface area contributed by atoms with Crippen LogP contribution in [-0.4, -0.2) is 22.2 Å². The Hall–Kier alpha value is -3.82. The first-order valence-electron chi connectivity index (χ1n) is 7.78. The van der Waals surface area contributed by atoms with Gasteiger partial charge in [0.1, 0.15) is 28.8 Å². The van der Waals surface area contributed by atoms with Crippen molar-refractivity contribution in [3.63, 3.8) is 0 Å². The number of hydrogen-bond donors (Lipinski definition) is 2. The number of hydrogen-bond acceptors (Lipinski definition) is 6. The molecule has 0 spiro atoms. The molecule has 0 saturated heterocycles. The summed E-state index contributed by atoms with van der Waals surface area (Å²) in [6.07, 6.45) is -4.75. The highest BCUT2D eigenvalue weighted by Gasteiger charge is 2.30. The molecule has 3 aromatic rings. The van der Waals surface area contributed by atoms with Gasteiger partial charge < -0.3 is 20.9 Å². The summed E-state index contributed by atoms with van der Waals surface area (Å²) in [6, 6.07) is 12.7. The molecular formula is C18H13F3N4O3. The predicted octanol–water partition coefficient (Wildman–Crippen LogP) is 3.52. The van der Waals surface area contributed by atoms with Crippen molar-refractivity contribution in [2.45, 2.75) is 6.36 Å². The molecule has 0 radical (unpaired) electrons. The van der Waals surface area contributed by atoms with Crippen molar-refractivity contribution < 1.29 is 27.4 Å². The first kappa shape index (κ1) is 19.0. The average molecular weight is 390 g/mol. The van der Waals surface area contributed by atoms with Crippen LogP contribution in [0.3, 0.4) is 0 Å². The number of carbonyl (C=O) groups excluding carboxylic acids is 1. The SMILES string of the molecule is NC(=O)c1cc(N)nc(-c2ccc(Oc3ccc(OC(F)(F)F)cc3)cc2)n1. The molecule has 0 unspecified atom stereocenters. The third-order valence-electron chi connectivity index (χ3n) is 3.40. The molecule has 3 rings (SSSR count). The number of nitrogens with two attached hydrogens (primary N) is 2. The quantitative estimate of drug-likeness (QED) is 0.689. The van der Waals surface area contributed by atoms with E-state index in [1.165, 1.54) is 18.2 Å². The summed E-state index contributed by atoms with van der Waals surface area (Å²) in [5.74, 6) is -0.0208. The highest BCUT2D eigenvalue weighted by molar-refractivity contribution is 5.91. The second kappa shape index (κ2) is 7.43. The van der Waals surface area contributed by atoms with Gasteiger partial charge in [-0.05, 0) is 48.5 Å². The standard InChI is InChI=1S/C18H13F3N4O3/c19-18(20,21)28-13-7-5-12(6-8-13)27-11-3-1-10(2-4-11)17-24-14(16(23)26)9-15(22)25-17/h1-9H,(H2,23,26)(H2,22,24,25). The largest absolute Gasteiger partial charge is 0.573 e. The maximum atomic E-state index is 12.2. The lowest BCUT2D eigenvalue weighted by atomic mass is 10.2. The fraction of sp³-hybridized carbons (Fsp3) is 0.0556. The number of benzene rings is 2. The van der Waals surface area contributed by atoms with Crippen LogP contribution in [0.25, 0.3) is 11.4 Å². The van der Waals surface area contributed by atoms with Gasteiger partial charge in [0.05, 0.1) is 0 Å². The molecule has 2 aromatic carbocycles. The molecule has 1 amide bonds. The zero-order valence-electron chi connectivity index (χ0n) is 14.1. The van der Waals surface area contributed by atoms with E-state index in [4.69, 9.17) is 16.2 Å². The molecule has 0 saturated carbocycles. The first-order valence-corrected chi connectivity index (χ1v) is 7.78. The molecule has 28 heavy (non-hydrogen) atoms. The Bertz CT molecular complexity index is 990. The molecule has 0 fully saturated rings. The van der Waals surface area contributed by atoms with Crippen LogP contribution in [0.5, 0.6) is 17.2 Å². The summed E-state index contributed by atoms with van der Waals surface area (Å²) in [7, 11) is 0. The minimum Gasteiger partial charge on any atom is -0.457 e. The van der Waals surface area contributed by atoms with Crippen molar-refractivity contribution in [1.82, 2.24) is 9.97 Å². The van der Waals surface area contributed by atoms with Crippen molar-refractivity contribution in [1.29, 1.82) is 0 Å². The number of ether oxygens (including phenoxy) is 2. The van der Waals surface area contributed by atoms with Crippen molar-refractivity contribution in [2.24, 2.45) is 5.73 Å². The minimum atomic E-state index is -4.75. The fourth-order valence-corrected chi connectivity index (χ4v) is 2.24. The molecule has 0 bridgehead atoms. The average Bonchev–Trinajstić information content (AvgIpc) is 2.62. The third-order valence-corrected chi connectivity index (χ3v) is 3.40. The molecule has 1 aromatic heterocycles. The number of nitrogens with zero attached hydrogens (tertiary/aromatic N) is 2. The maximum Gasteiger partial charge on any atom is 0.573 e. The van der Waals surface area contributed by atoms with Gasteiger partial charge in [-0.2, -0.15) is 0 Å². The second-order valence-electron chi connectivity index (χ2n) is 5.51. The molecule has 7 nitrogen and oxygen atoms in total. The monoisotopic (exact) mass is 390 g/mol. The Morgan fingerprint density at radius 1 is 0.893 bits per heavy atom. The molecule has 0 atom stereocenters. The van der Waals surface area contributed by atoms with Crippen molar-refractivity contribution in [2.75, 3.05) is 5.73 Å². The highest BCUT2D eigenvalue weighted by Crippen LogP contribution is 2.28. The number of carbonyl (C=O) groups is 1. The Balaban J connectivity index is 1.74. The Labute approximate surface area is 156 Å². The van der Waals surface area contributed by atoms with Crippen LogP contribution in [0.2, 0.25) is 0 Å². The smallest absolute Gasteiger partial charge is 0.457 e. The molecule has 1 heterocycles. The third kappa shape index (κ3) is 4.87. The lowest BCUT2D eigenvalue weighted by Gasteiger charge is -2.10. The molecule has 0 aliphatic rings. The molecule has 144 valence electrons. The number of nitrogen functional groups attached to an aromatic ring is 1. The van der Waals surface area contributed by atoms with E-state index in [1.54, 1.807) is 24.3 Å². The van der Waals surface area contributed by atoms with E-state index in [1.807, 2.05) is 0 Å². The summed E-state index contributed by atoms with van der Waals surface area (Å²) in [5, 5.41) is 0. The van der Waals surface area contributed by atoms with E-state index in [2.05, 4.69) is 14.7 Å². The van der Waals surface area contributed by atoms with Gasteiger partial charge >= 0.3 is 6.36 Å². The van der Waals surface area contributed by atoms with Gasteiger partial charge in [0, 0.05) is 11.6 Å². The van der Waals surface area contributed by atoms with Gasteiger partial charge in [-0.1, -0.05) is 0 Å². The topological polar surface area (TPSA) is 113 Å². The summed E-state index contributed by atoms with van der Waals surface area (Å²) in [6.45, 7) is 0. The number of aromatic nitrogens is 2. The summed E-state index contributed by atoms with van der Waals surface area (Å²) >= 11 is 0. The van der Waals surface area contributed by atoms with Crippen LogP contribution in [0, 0.1) is 0 Å². The van der Waals surface area contributed by atoms with Crippen molar-refractivity contribution in [3.8, 4) is 28.6 Å². The van der Waals surface area contributed by atoms with E-state index < -0.39 is 12.3 Å². The predicted molar refractivity (Wildman–Crippen MR) is 93.6 cm³/mol. The minimum absolute atomic E-state index is 0.0102. The number of rotatable bonds is 5. The van der Waals surface area contributed by atoms with Crippen LogP contribution in [0.15, 0.2) is 54.6 Å². The lowest BCUT2D eigenvalue weighted by molar-refractivity contribution is -0.274. The summed E-state index contributed by atoms with van der Waals surface area (Å²) in [5.41, 5.74) is 11.4. The van der Waals surface area contributed by atoms with Gasteiger partial charge in [0.15, 0.2) is 5.82 Å². The van der Waals surface area contributed by atoms with Gasteiger partial charge in [-0.15, -0.1) is 13.2 Å². The van der Waals surface area contributed by atoms with Gasteiger partial charge in [0.2, 0.25) is 0 Å². The number of amides is 1. The van der Waals surface area contributed by atoms with Gasteiger partial charge in [-0.3, -0.25) is 4.79 Å². The van der Waals surface area contributed by atoms with Gasteiger partial charge in [0.25, 0.3) is 5.91 Å². The van der Waals surface area contributed by atoms with E-state index in [-0.39, 0.29) is 23.1 Å². The molecule has 0 aliphatic carbocycles. The maximum absolute atomic E-state index is 12.2. The van der Waals surface area contributed by atoms with Crippen LogP contribution >= 0.6 is 0 Å². The van der Waals surface area contributed by atoms with E-state index >= 15 is 0 Å². The molecule has 4 N–H and O–H groups in total. The first-order chi connectivity index (χ1) is 13.2. The number of alkyl halides is 3. The van der Waals surface area contributed by atoms with Crippen LogP contribution in [0.1, 0.15) is 10.5 Å². The van der Waals surface area contributed by atoms with Crippen molar-refractivity contribution in [3.05, 3.63) is 60.3 Å². The Morgan fingerprint density at radius 2 is 1.43 bits per heavy atom. The molecule has 0 aliphatic heterocycles. The van der Waals surface area contributed by atoms with Crippen LogP contribution in [-0.2, 0) is 0 Å². The Kier molecular flexibility index (Phi) is 5.03. The molecular weight excluding hydrogens is 377 g/mol. The van der Waals surface area contributed by atoms with Crippen LogP contribution in [0.4, 0.5) is 19.0 Å². The van der Waals surface area contributed by atoms with Crippen LogP contribution < -0.4 is 20.9 Å². The van der Waals surface area contributed by atoms with E-state index in [9.17, 15) is 18.0 Å². The second-order valence-corrected chi connectivity index (χ2v) is 5.51. The summed E-state index contributed by atoms with van der Waals surface area (Å²) in [4.78, 5) is 19.4. The normalized spacial score (nSPS) is 11.1. The zero-order chi connectivity index (χ0) is 20.3. The number of primary amides is 1. The number of anilines is 1. The zero-order valence-corrected chi connectivity index (χ0v) is 14.1. The van der Waals surface area contributed by atoms with E-state index in [0.717, 1.165) is 12.1 Å². The van der Waals surface area contributed by atoms with E-state index in [0.29, 0.717) is 17.1 Å². The summed E-state index contributed by atoms with van der Waals surface area (Å²) < 4.78 is 45.8. The lowest BCUT2D eigenvalue weighted by Crippen LogP contribution is -2.16. The Morgan fingerprint density at radius 3 is 1.96 bits per heavy atom. The van der Waals surface area contributed by atoms with Crippen molar-refractivity contribution >= 4 is 11.7 Å². The molecule has 10 heteroatoms. The number of halogens is 3. The van der Waals surface area contributed by atoms with Gasteiger partial charge in [-0.25, -0.2) is 9.97 Å². The fourth-order valence-electron chi connectivity index (χ4n) is 2.24.